The Hall–Kier alpha value is -4.02. The Bertz CT molecular complexity index is 1380. The van der Waals surface area contributed by atoms with Gasteiger partial charge in [0, 0.05) is 41.3 Å². The number of fused-ring (bicyclic) bond motifs is 1. The Morgan fingerprint density at radius 1 is 1.03 bits per heavy atom. The first kappa shape index (κ1) is 24.1. The predicted molar refractivity (Wildman–Crippen MR) is 129 cm³/mol. The molecule has 1 N–H and O–H groups in total. The van der Waals surface area contributed by atoms with Crippen LogP contribution in [-0.4, -0.2) is 24.0 Å². The molecule has 0 spiro atoms. The number of aromatic nitrogens is 1. The molecule has 0 unspecified atom stereocenters. The van der Waals surface area contributed by atoms with Crippen LogP contribution in [0.1, 0.15) is 32.6 Å². The largest absolute Gasteiger partial charge is 0.481 e. The molecule has 0 atom stereocenters. The molecule has 1 heterocycles. The van der Waals surface area contributed by atoms with Crippen LogP contribution in [-0.2, 0) is 19.3 Å². The summed E-state index contributed by atoms with van der Waals surface area (Å²) in [5, 5.41) is 3.58. The molecule has 0 bridgehead atoms. The number of halogens is 3. The highest BCUT2D eigenvalue weighted by Gasteiger charge is 2.31. The van der Waals surface area contributed by atoms with E-state index in [0.717, 1.165) is 22.7 Å². The summed E-state index contributed by atoms with van der Waals surface area (Å²) in [4.78, 5) is 12.8. The van der Waals surface area contributed by atoms with Crippen molar-refractivity contribution in [2.24, 2.45) is 0 Å². The van der Waals surface area contributed by atoms with Crippen LogP contribution in [0.15, 0.2) is 72.9 Å². The van der Waals surface area contributed by atoms with Crippen molar-refractivity contribution in [3.05, 3.63) is 101 Å². The van der Waals surface area contributed by atoms with Crippen molar-refractivity contribution >= 4 is 16.7 Å². The Morgan fingerprint density at radius 3 is 2.29 bits per heavy atom. The lowest BCUT2D eigenvalue weighted by Gasteiger charge is -2.09. The molecule has 0 saturated heterocycles. The quantitative estimate of drug-likeness (QED) is 0.263. The number of alkyl halides is 3. The van der Waals surface area contributed by atoms with Crippen molar-refractivity contribution in [2.45, 2.75) is 19.3 Å². The number of carbonyl (C=O) groups is 1. The van der Waals surface area contributed by atoms with Gasteiger partial charge in [-0.25, -0.2) is 0 Å². The zero-order chi connectivity index (χ0) is 25.0. The standard InChI is InChI=1S/C28H23F3N2O2/c1-3-14-35-24-11-8-21(9-12-24)27(34)20-6-4-19(5-7-20)17-33-18-22(16-32-2)25-15-23(28(29,30)31)10-13-26(25)33/h1,4-13,15,18,32H,14,16-17H2,2H3. The van der Waals surface area contributed by atoms with Gasteiger partial charge in [-0.2, -0.15) is 13.2 Å². The molecule has 3 aromatic carbocycles. The Labute approximate surface area is 201 Å². The molecule has 0 radical (unpaired) electrons. The third-order valence-corrected chi connectivity index (χ3v) is 5.67. The molecule has 0 aliphatic rings. The molecule has 0 amide bonds. The van der Waals surface area contributed by atoms with Crippen LogP contribution in [0.25, 0.3) is 10.9 Å². The number of hydrogen-bond donors (Lipinski definition) is 1. The first-order valence-corrected chi connectivity index (χ1v) is 10.9. The van der Waals surface area contributed by atoms with Crippen LogP contribution in [0.5, 0.6) is 5.75 Å². The number of nitrogens with one attached hydrogen (secondary N) is 1. The molecule has 0 saturated carbocycles. The van der Waals surface area contributed by atoms with Crippen molar-refractivity contribution in [1.82, 2.24) is 9.88 Å². The first-order chi connectivity index (χ1) is 16.8. The average Bonchev–Trinajstić information content (AvgIpc) is 3.19. The van der Waals surface area contributed by atoms with Crippen LogP contribution >= 0.6 is 0 Å². The van der Waals surface area contributed by atoms with E-state index in [1.807, 2.05) is 22.9 Å². The van der Waals surface area contributed by atoms with E-state index in [-0.39, 0.29) is 12.4 Å². The number of benzene rings is 3. The molecule has 4 nitrogen and oxygen atoms in total. The van der Waals surface area contributed by atoms with E-state index < -0.39 is 11.7 Å². The van der Waals surface area contributed by atoms with Gasteiger partial charge < -0.3 is 14.6 Å². The normalized spacial score (nSPS) is 11.4. The summed E-state index contributed by atoms with van der Waals surface area (Å²) in [7, 11) is 1.75. The summed E-state index contributed by atoms with van der Waals surface area (Å²) in [5.74, 6) is 2.86. The summed E-state index contributed by atoms with van der Waals surface area (Å²) in [5.41, 5.74) is 2.82. The number of hydrogen-bond acceptors (Lipinski definition) is 3. The number of terminal acetylenes is 1. The van der Waals surface area contributed by atoms with Gasteiger partial charge in [0.1, 0.15) is 12.4 Å². The summed E-state index contributed by atoms with van der Waals surface area (Å²) in [6.07, 6.45) is 2.65. The van der Waals surface area contributed by atoms with Gasteiger partial charge in [0.25, 0.3) is 0 Å². The van der Waals surface area contributed by atoms with E-state index in [9.17, 15) is 18.0 Å². The van der Waals surface area contributed by atoms with Gasteiger partial charge in [-0.15, -0.1) is 6.42 Å². The zero-order valence-electron chi connectivity index (χ0n) is 19.0. The second-order valence-electron chi connectivity index (χ2n) is 8.09. The highest BCUT2D eigenvalue weighted by atomic mass is 19.4. The molecular formula is C28H23F3N2O2. The van der Waals surface area contributed by atoms with Gasteiger partial charge in [0.15, 0.2) is 5.78 Å². The van der Waals surface area contributed by atoms with Crippen molar-refractivity contribution in [3.8, 4) is 18.1 Å². The van der Waals surface area contributed by atoms with Gasteiger partial charge in [-0.1, -0.05) is 30.2 Å². The number of ketones is 1. The van der Waals surface area contributed by atoms with Gasteiger partial charge in [0.2, 0.25) is 0 Å². The number of carbonyl (C=O) groups excluding carboxylic acids is 1. The zero-order valence-corrected chi connectivity index (χ0v) is 19.0. The minimum absolute atomic E-state index is 0.123. The van der Waals surface area contributed by atoms with Crippen molar-refractivity contribution in [2.75, 3.05) is 13.7 Å². The van der Waals surface area contributed by atoms with Crippen LogP contribution in [0.4, 0.5) is 13.2 Å². The van der Waals surface area contributed by atoms with Gasteiger partial charge in [0.05, 0.1) is 5.56 Å². The van der Waals surface area contributed by atoms with Gasteiger partial charge in [-0.3, -0.25) is 4.79 Å². The van der Waals surface area contributed by atoms with E-state index in [2.05, 4.69) is 11.2 Å². The minimum atomic E-state index is -4.40. The minimum Gasteiger partial charge on any atom is -0.481 e. The average molecular weight is 476 g/mol. The molecule has 1 aromatic heterocycles. The van der Waals surface area contributed by atoms with E-state index in [0.29, 0.717) is 35.4 Å². The van der Waals surface area contributed by atoms with Crippen LogP contribution < -0.4 is 10.1 Å². The lowest BCUT2D eigenvalue weighted by Crippen LogP contribution is -2.06. The predicted octanol–water partition coefficient (Wildman–Crippen LogP) is 5.67. The highest BCUT2D eigenvalue weighted by Crippen LogP contribution is 2.33. The Morgan fingerprint density at radius 2 is 1.69 bits per heavy atom. The third kappa shape index (κ3) is 5.39. The molecule has 0 aliphatic heterocycles. The molecule has 35 heavy (non-hydrogen) atoms. The SMILES string of the molecule is C#CCOc1ccc(C(=O)c2ccc(Cn3cc(CNC)c4cc(C(F)(F)F)ccc43)cc2)cc1. The van der Waals surface area contributed by atoms with Crippen molar-refractivity contribution in [3.63, 3.8) is 0 Å². The molecule has 0 aliphatic carbocycles. The Kier molecular flexibility index (Phi) is 6.94. The van der Waals surface area contributed by atoms with Crippen LogP contribution in [0.2, 0.25) is 0 Å². The fourth-order valence-corrected chi connectivity index (χ4v) is 3.96. The second kappa shape index (κ2) is 10.1. The molecule has 4 rings (SSSR count). The third-order valence-electron chi connectivity index (χ3n) is 5.67. The lowest BCUT2D eigenvalue weighted by atomic mass is 10.0. The molecule has 0 fully saturated rings. The maximum atomic E-state index is 13.2. The van der Waals surface area contributed by atoms with Crippen LogP contribution in [0.3, 0.4) is 0 Å². The fraction of sp³-hybridized carbons (Fsp3) is 0.179. The maximum absolute atomic E-state index is 13.2. The fourth-order valence-electron chi connectivity index (χ4n) is 3.96. The molecule has 7 heteroatoms. The number of nitrogens with zero attached hydrogens (tertiary/aromatic N) is 1. The summed E-state index contributed by atoms with van der Waals surface area (Å²) in [6, 6.07) is 17.8. The maximum Gasteiger partial charge on any atom is 0.416 e. The van der Waals surface area contributed by atoms with Gasteiger partial charge in [-0.05, 0) is 60.6 Å². The van der Waals surface area contributed by atoms with E-state index >= 15 is 0 Å². The Balaban J connectivity index is 1.55. The van der Waals surface area contributed by atoms with Gasteiger partial charge >= 0.3 is 6.18 Å². The van der Waals surface area contributed by atoms with E-state index in [4.69, 9.17) is 11.2 Å². The van der Waals surface area contributed by atoms with Crippen molar-refractivity contribution < 1.29 is 22.7 Å². The van der Waals surface area contributed by atoms with Crippen molar-refractivity contribution in [1.29, 1.82) is 0 Å². The monoisotopic (exact) mass is 476 g/mol. The van der Waals surface area contributed by atoms with E-state index in [1.165, 1.54) is 12.1 Å². The molecule has 4 aromatic rings. The summed E-state index contributed by atoms with van der Waals surface area (Å²) >= 11 is 0. The van der Waals surface area contributed by atoms with Crippen LogP contribution in [0, 0.1) is 12.3 Å². The number of rotatable bonds is 8. The highest BCUT2D eigenvalue weighted by molar-refractivity contribution is 6.09. The van der Waals surface area contributed by atoms with E-state index in [1.54, 1.807) is 43.4 Å². The first-order valence-electron chi connectivity index (χ1n) is 10.9. The second-order valence-corrected chi connectivity index (χ2v) is 8.09. The topological polar surface area (TPSA) is 43.3 Å². The summed E-state index contributed by atoms with van der Waals surface area (Å²) in [6.45, 7) is 1.07. The molecule has 178 valence electrons. The number of ether oxygens (including phenoxy) is 1. The summed E-state index contributed by atoms with van der Waals surface area (Å²) < 4.78 is 46.9. The molecular weight excluding hydrogens is 453 g/mol. The lowest BCUT2D eigenvalue weighted by molar-refractivity contribution is -0.137. The smallest absolute Gasteiger partial charge is 0.416 e.